The summed E-state index contributed by atoms with van der Waals surface area (Å²) in [5.41, 5.74) is 5.21. The van der Waals surface area contributed by atoms with Gasteiger partial charge in [0.05, 0.1) is 13.2 Å². The maximum atomic E-state index is 13.5. The molecule has 32 heavy (non-hydrogen) atoms. The number of aromatic nitrogens is 3. The molecule has 7 nitrogen and oxygen atoms in total. The van der Waals surface area contributed by atoms with E-state index in [1.807, 2.05) is 55.5 Å². The number of fused-ring (bicyclic) bond motifs is 1. The summed E-state index contributed by atoms with van der Waals surface area (Å²) in [6, 6.07) is 16.5. The van der Waals surface area contributed by atoms with Gasteiger partial charge in [0.2, 0.25) is 0 Å². The fourth-order valence-electron chi connectivity index (χ4n) is 4.23. The quantitative estimate of drug-likeness (QED) is 0.498. The van der Waals surface area contributed by atoms with Crippen LogP contribution in [0.25, 0.3) is 11.3 Å². The fourth-order valence-corrected chi connectivity index (χ4v) is 4.23. The number of phenolic OH excluding ortho intramolecular Hbond substituents is 1. The Morgan fingerprint density at radius 2 is 1.97 bits per heavy atom. The third-order valence-electron chi connectivity index (χ3n) is 5.78. The lowest BCUT2D eigenvalue weighted by atomic mass is 9.95. The fraction of sp³-hybridized carbons (Fsp3) is 0.160. The van der Waals surface area contributed by atoms with Crippen molar-refractivity contribution < 1.29 is 14.6 Å². The van der Waals surface area contributed by atoms with E-state index < -0.39 is 0 Å². The number of pyridine rings is 1. The maximum absolute atomic E-state index is 13.5. The smallest absolute Gasteiger partial charge is 0.273 e. The van der Waals surface area contributed by atoms with Gasteiger partial charge in [-0.2, -0.15) is 5.10 Å². The number of aromatic amines is 1. The van der Waals surface area contributed by atoms with E-state index in [0.717, 1.165) is 28.0 Å². The molecule has 0 spiro atoms. The van der Waals surface area contributed by atoms with Gasteiger partial charge in [0.25, 0.3) is 5.91 Å². The van der Waals surface area contributed by atoms with Crippen LogP contribution in [-0.2, 0) is 6.54 Å². The second-order valence-electron chi connectivity index (χ2n) is 7.85. The lowest BCUT2D eigenvalue weighted by Crippen LogP contribution is -2.29. The molecule has 7 heteroatoms. The predicted octanol–water partition coefficient (Wildman–Crippen LogP) is 4.24. The number of nitrogens with zero attached hydrogens (tertiary/aromatic N) is 3. The minimum atomic E-state index is -0.378. The molecular formula is C25H22N4O3. The lowest BCUT2D eigenvalue weighted by molar-refractivity contribution is 0.0730. The van der Waals surface area contributed by atoms with E-state index in [9.17, 15) is 9.90 Å². The highest BCUT2D eigenvalue weighted by molar-refractivity contribution is 6.00. The summed E-state index contributed by atoms with van der Waals surface area (Å²) in [5.74, 6) is 0.716. The molecule has 4 aromatic rings. The molecule has 0 saturated heterocycles. The summed E-state index contributed by atoms with van der Waals surface area (Å²) in [6.07, 6.45) is 3.47. The number of aromatic hydroxyl groups is 1. The van der Waals surface area contributed by atoms with Gasteiger partial charge in [-0.3, -0.25) is 14.9 Å². The van der Waals surface area contributed by atoms with Gasteiger partial charge in [0.1, 0.15) is 22.9 Å². The van der Waals surface area contributed by atoms with Crippen molar-refractivity contribution in [1.82, 2.24) is 20.1 Å². The number of benzene rings is 2. The highest BCUT2D eigenvalue weighted by atomic mass is 16.5. The van der Waals surface area contributed by atoms with Crippen LogP contribution in [0, 0.1) is 6.92 Å². The van der Waals surface area contributed by atoms with E-state index in [4.69, 9.17) is 4.74 Å². The molecule has 0 bridgehead atoms. The Bertz CT molecular complexity index is 1280. The van der Waals surface area contributed by atoms with E-state index in [0.29, 0.717) is 23.5 Å². The molecule has 0 aliphatic carbocycles. The van der Waals surface area contributed by atoms with Crippen LogP contribution >= 0.6 is 0 Å². The van der Waals surface area contributed by atoms with Crippen LogP contribution in [0.1, 0.15) is 38.8 Å². The van der Waals surface area contributed by atoms with E-state index in [1.54, 1.807) is 30.5 Å². The molecule has 1 amide bonds. The van der Waals surface area contributed by atoms with Crippen LogP contribution in [0.4, 0.5) is 0 Å². The summed E-state index contributed by atoms with van der Waals surface area (Å²) in [6.45, 7) is 2.35. The molecule has 1 aliphatic rings. The molecule has 160 valence electrons. The summed E-state index contributed by atoms with van der Waals surface area (Å²) in [4.78, 5) is 19.4. The Hall–Kier alpha value is -4.13. The zero-order chi connectivity index (χ0) is 22.2. The first-order valence-corrected chi connectivity index (χ1v) is 10.3. The molecule has 2 aromatic heterocycles. The summed E-state index contributed by atoms with van der Waals surface area (Å²) in [5, 5.41) is 17.9. The molecule has 0 radical (unpaired) electrons. The van der Waals surface area contributed by atoms with Crippen molar-refractivity contribution >= 4 is 5.91 Å². The maximum Gasteiger partial charge on any atom is 0.273 e. The Morgan fingerprint density at radius 3 is 2.69 bits per heavy atom. The molecule has 2 aromatic carbocycles. The molecule has 3 heterocycles. The van der Waals surface area contributed by atoms with Gasteiger partial charge in [-0.1, -0.05) is 29.8 Å². The molecule has 1 aliphatic heterocycles. The van der Waals surface area contributed by atoms with E-state index in [-0.39, 0.29) is 17.7 Å². The third kappa shape index (κ3) is 3.28. The number of carbonyl (C=O) groups is 1. The first kappa shape index (κ1) is 19.8. The SMILES string of the molecule is COc1ccc([C@@H]2c3c(-c4cc(C)ccc4O)n[nH]c3C(=O)N2Cc2cccnc2)cc1. The zero-order valence-electron chi connectivity index (χ0n) is 17.7. The van der Waals surface area contributed by atoms with E-state index in [2.05, 4.69) is 15.2 Å². The molecule has 0 fully saturated rings. The van der Waals surface area contributed by atoms with Crippen LogP contribution in [0.3, 0.4) is 0 Å². The van der Waals surface area contributed by atoms with Crippen LogP contribution in [0.5, 0.6) is 11.5 Å². The number of methoxy groups -OCH3 is 1. The lowest BCUT2D eigenvalue weighted by Gasteiger charge is -2.26. The number of ether oxygens (including phenoxy) is 1. The molecule has 0 unspecified atom stereocenters. The molecule has 5 rings (SSSR count). The summed E-state index contributed by atoms with van der Waals surface area (Å²) < 4.78 is 5.31. The van der Waals surface area contributed by atoms with Gasteiger partial charge < -0.3 is 14.7 Å². The van der Waals surface area contributed by atoms with Gasteiger partial charge >= 0.3 is 0 Å². The number of hydrogen-bond acceptors (Lipinski definition) is 5. The monoisotopic (exact) mass is 426 g/mol. The number of nitrogens with one attached hydrogen (secondary N) is 1. The second-order valence-corrected chi connectivity index (χ2v) is 7.85. The zero-order valence-corrected chi connectivity index (χ0v) is 17.7. The number of H-pyrrole nitrogens is 1. The number of phenols is 1. The average molecular weight is 426 g/mol. The van der Waals surface area contributed by atoms with Crippen molar-refractivity contribution in [2.45, 2.75) is 19.5 Å². The number of carbonyl (C=O) groups excluding carboxylic acids is 1. The van der Waals surface area contributed by atoms with Gasteiger partial charge in [-0.25, -0.2) is 0 Å². The average Bonchev–Trinajstić information content (AvgIpc) is 3.35. The summed E-state index contributed by atoms with van der Waals surface area (Å²) >= 11 is 0. The van der Waals surface area contributed by atoms with E-state index >= 15 is 0 Å². The Labute approximate surface area is 185 Å². The van der Waals surface area contributed by atoms with Crippen molar-refractivity contribution in [3.05, 3.63) is 94.9 Å². The normalized spacial score (nSPS) is 15.1. The highest BCUT2D eigenvalue weighted by Gasteiger charge is 2.42. The van der Waals surface area contributed by atoms with Crippen molar-refractivity contribution in [2.24, 2.45) is 0 Å². The van der Waals surface area contributed by atoms with Crippen LogP contribution < -0.4 is 4.74 Å². The minimum absolute atomic E-state index is 0.122. The second kappa shape index (κ2) is 7.85. The first-order chi connectivity index (χ1) is 15.6. The Kier molecular flexibility index (Phi) is 4.86. The van der Waals surface area contributed by atoms with Crippen molar-refractivity contribution in [3.8, 4) is 22.8 Å². The molecule has 0 saturated carbocycles. The van der Waals surface area contributed by atoms with Crippen LogP contribution in [-0.4, -0.2) is 38.2 Å². The summed E-state index contributed by atoms with van der Waals surface area (Å²) in [7, 11) is 1.62. The van der Waals surface area contributed by atoms with Gasteiger partial charge in [0.15, 0.2) is 0 Å². The van der Waals surface area contributed by atoms with Crippen LogP contribution in [0.15, 0.2) is 67.0 Å². The van der Waals surface area contributed by atoms with Crippen molar-refractivity contribution in [3.63, 3.8) is 0 Å². The highest BCUT2D eigenvalue weighted by Crippen LogP contribution is 2.45. The number of hydrogen-bond donors (Lipinski definition) is 2. The standard InChI is InChI=1S/C25H22N4O3/c1-15-5-10-20(30)19(12-15)22-21-23(28-27-22)25(31)29(14-16-4-3-11-26-13-16)24(21)17-6-8-18(32-2)9-7-17/h3-13,24,30H,14H2,1-2H3,(H,27,28)/t24-/m1/s1. The Balaban J connectivity index is 1.67. The van der Waals surface area contributed by atoms with Gasteiger partial charge in [-0.05, 0) is 48.4 Å². The van der Waals surface area contributed by atoms with Gasteiger partial charge in [0, 0.05) is 30.1 Å². The number of rotatable bonds is 5. The van der Waals surface area contributed by atoms with Gasteiger partial charge in [-0.15, -0.1) is 0 Å². The topological polar surface area (TPSA) is 91.3 Å². The first-order valence-electron chi connectivity index (χ1n) is 10.3. The minimum Gasteiger partial charge on any atom is -0.507 e. The molecule has 2 N–H and O–H groups in total. The van der Waals surface area contributed by atoms with Crippen molar-refractivity contribution in [2.75, 3.05) is 7.11 Å². The van der Waals surface area contributed by atoms with E-state index in [1.165, 1.54) is 0 Å². The Morgan fingerprint density at radius 1 is 1.16 bits per heavy atom. The van der Waals surface area contributed by atoms with Crippen LogP contribution in [0.2, 0.25) is 0 Å². The predicted molar refractivity (Wildman–Crippen MR) is 119 cm³/mol. The largest absolute Gasteiger partial charge is 0.507 e. The molecular weight excluding hydrogens is 404 g/mol. The molecule has 1 atom stereocenters. The number of aryl methyl sites for hydroxylation is 1. The third-order valence-corrected chi connectivity index (χ3v) is 5.78. The number of amides is 1. The van der Waals surface area contributed by atoms with Crippen molar-refractivity contribution in [1.29, 1.82) is 0 Å².